The van der Waals surface area contributed by atoms with Crippen LogP contribution in [0.5, 0.6) is 11.5 Å². The Bertz CT molecular complexity index is 1030. The molecule has 1 aromatic heterocycles. The van der Waals surface area contributed by atoms with Crippen molar-refractivity contribution in [2.45, 2.75) is 13.3 Å². The van der Waals surface area contributed by atoms with Crippen molar-refractivity contribution in [1.82, 2.24) is 0 Å². The third kappa shape index (κ3) is 4.99. The number of rotatable bonds is 8. The molecular weight excluding hydrogens is 402 g/mol. The first-order chi connectivity index (χ1) is 14.5. The van der Waals surface area contributed by atoms with Crippen molar-refractivity contribution < 1.29 is 23.8 Å². The van der Waals surface area contributed by atoms with Crippen LogP contribution >= 0.6 is 11.3 Å². The number of carbonyl (C=O) groups excluding carboxylic acids is 2. The van der Waals surface area contributed by atoms with E-state index in [1.807, 2.05) is 29.6 Å². The van der Waals surface area contributed by atoms with Crippen molar-refractivity contribution in [2.75, 3.05) is 26.1 Å². The van der Waals surface area contributed by atoms with E-state index in [-0.39, 0.29) is 12.5 Å². The topological polar surface area (TPSA) is 73.9 Å². The highest BCUT2D eigenvalue weighted by Gasteiger charge is 2.22. The summed E-state index contributed by atoms with van der Waals surface area (Å²) in [5.41, 5.74) is 3.15. The lowest BCUT2D eigenvalue weighted by atomic mass is 10.0. The monoisotopic (exact) mass is 425 g/mol. The third-order valence-corrected chi connectivity index (χ3v) is 5.41. The van der Waals surface area contributed by atoms with Crippen molar-refractivity contribution in [3.63, 3.8) is 0 Å². The van der Waals surface area contributed by atoms with Crippen LogP contribution in [0.25, 0.3) is 11.1 Å². The van der Waals surface area contributed by atoms with Gasteiger partial charge in [-0.3, -0.25) is 4.79 Å². The Balaban J connectivity index is 1.76. The average molecular weight is 426 g/mol. The van der Waals surface area contributed by atoms with Crippen molar-refractivity contribution >= 4 is 28.2 Å². The molecule has 6 nitrogen and oxygen atoms in total. The van der Waals surface area contributed by atoms with Crippen molar-refractivity contribution in [1.29, 1.82) is 0 Å². The van der Waals surface area contributed by atoms with E-state index in [1.165, 1.54) is 24.0 Å². The molecule has 156 valence electrons. The van der Waals surface area contributed by atoms with Gasteiger partial charge in [-0.1, -0.05) is 37.3 Å². The van der Waals surface area contributed by atoms with Gasteiger partial charge in [0.1, 0.15) is 22.1 Å². The van der Waals surface area contributed by atoms with Crippen LogP contribution in [0.15, 0.2) is 53.9 Å². The molecule has 0 bridgehead atoms. The average Bonchev–Trinajstić information content (AvgIpc) is 3.20. The van der Waals surface area contributed by atoms with E-state index in [0.29, 0.717) is 22.1 Å². The van der Waals surface area contributed by atoms with E-state index in [1.54, 1.807) is 31.4 Å². The maximum Gasteiger partial charge on any atom is 0.341 e. The number of aryl methyl sites for hydroxylation is 1. The molecule has 30 heavy (non-hydrogen) atoms. The first-order valence-electron chi connectivity index (χ1n) is 9.41. The Morgan fingerprint density at radius 1 is 1.03 bits per heavy atom. The van der Waals surface area contributed by atoms with Crippen LogP contribution in [-0.4, -0.2) is 32.7 Å². The Hall–Kier alpha value is -3.32. The Morgan fingerprint density at radius 2 is 1.77 bits per heavy atom. The van der Waals surface area contributed by atoms with Crippen LogP contribution in [0.3, 0.4) is 0 Å². The molecule has 0 aliphatic heterocycles. The number of carbonyl (C=O) groups is 2. The second-order valence-electron chi connectivity index (χ2n) is 6.41. The predicted molar refractivity (Wildman–Crippen MR) is 118 cm³/mol. The molecule has 0 unspecified atom stereocenters. The summed E-state index contributed by atoms with van der Waals surface area (Å²) >= 11 is 1.27. The fourth-order valence-electron chi connectivity index (χ4n) is 2.89. The number of anilines is 1. The summed E-state index contributed by atoms with van der Waals surface area (Å²) in [6.07, 6.45) is 0.933. The van der Waals surface area contributed by atoms with Crippen LogP contribution in [0.2, 0.25) is 0 Å². The number of esters is 1. The first-order valence-corrected chi connectivity index (χ1v) is 10.3. The fraction of sp³-hybridized carbons (Fsp3) is 0.217. The highest BCUT2D eigenvalue weighted by atomic mass is 32.1. The zero-order valence-corrected chi connectivity index (χ0v) is 17.9. The minimum absolute atomic E-state index is 0.202. The van der Waals surface area contributed by atoms with E-state index < -0.39 is 5.97 Å². The quantitative estimate of drug-likeness (QED) is 0.525. The molecule has 1 N–H and O–H groups in total. The van der Waals surface area contributed by atoms with Gasteiger partial charge in [-0.2, -0.15) is 0 Å². The Kier molecular flexibility index (Phi) is 7.08. The minimum Gasteiger partial charge on any atom is -0.497 e. The number of amides is 1. The van der Waals surface area contributed by atoms with Crippen LogP contribution in [0.4, 0.5) is 5.00 Å². The lowest BCUT2D eigenvalue weighted by Crippen LogP contribution is -2.21. The van der Waals surface area contributed by atoms with Crippen LogP contribution < -0.4 is 14.8 Å². The van der Waals surface area contributed by atoms with Gasteiger partial charge in [0.15, 0.2) is 6.61 Å². The molecule has 7 heteroatoms. The van der Waals surface area contributed by atoms with Gasteiger partial charge in [-0.25, -0.2) is 4.79 Å². The van der Waals surface area contributed by atoms with E-state index in [4.69, 9.17) is 14.2 Å². The number of methoxy groups -OCH3 is 2. The molecule has 3 aromatic rings. The number of nitrogens with one attached hydrogen (secondary N) is 1. The summed E-state index contributed by atoms with van der Waals surface area (Å²) < 4.78 is 15.6. The summed E-state index contributed by atoms with van der Waals surface area (Å²) in [6.45, 7) is 1.88. The van der Waals surface area contributed by atoms with Crippen molar-refractivity contribution in [2.24, 2.45) is 0 Å². The minimum atomic E-state index is -0.505. The number of benzene rings is 2. The maximum absolute atomic E-state index is 12.4. The van der Waals surface area contributed by atoms with Gasteiger partial charge >= 0.3 is 5.97 Å². The number of ether oxygens (including phenoxy) is 3. The summed E-state index contributed by atoms with van der Waals surface area (Å²) in [6, 6.07) is 15.0. The molecule has 0 spiro atoms. The number of hydrogen-bond donors (Lipinski definition) is 1. The van der Waals surface area contributed by atoms with Gasteiger partial charge in [-0.15, -0.1) is 11.3 Å². The van der Waals surface area contributed by atoms with Gasteiger partial charge < -0.3 is 19.5 Å². The second kappa shape index (κ2) is 9.93. The third-order valence-electron chi connectivity index (χ3n) is 4.52. The normalized spacial score (nSPS) is 10.4. The highest BCUT2D eigenvalue weighted by molar-refractivity contribution is 7.15. The maximum atomic E-state index is 12.4. The number of thiophene rings is 1. The SMILES string of the molecule is CCc1ccc(-c2csc(NC(=O)COc3cccc(OC)c3)c2C(=O)OC)cc1. The molecule has 0 fully saturated rings. The zero-order valence-electron chi connectivity index (χ0n) is 17.1. The molecule has 2 aromatic carbocycles. The summed E-state index contributed by atoms with van der Waals surface area (Å²) in [5.74, 6) is 0.269. The van der Waals surface area contributed by atoms with Crippen LogP contribution in [0.1, 0.15) is 22.8 Å². The fourth-order valence-corrected chi connectivity index (χ4v) is 3.86. The summed E-state index contributed by atoms with van der Waals surface area (Å²) in [4.78, 5) is 24.9. The van der Waals surface area contributed by atoms with Gasteiger partial charge in [-0.05, 0) is 29.7 Å². The molecule has 3 rings (SSSR count). The molecule has 1 heterocycles. The standard InChI is InChI=1S/C23H23NO5S/c1-4-15-8-10-16(11-9-15)19-14-30-22(21(19)23(26)28-3)24-20(25)13-29-18-7-5-6-17(12-18)27-2/h5-12,14H,4,13H2,1-3H3,(H,24,25). The summed E-state index contributed by atoms with van der Waals surface area (Å²) in [5, 5.41) is 5.03. The Labute approximate surface area is 179 Å². The van der Waals surface area contributed by atoms with E-state index in [0.717, 1.165) is 17.5 Å². The smallest absolute Gasteiger partial charge is 0.341 e. The van der Waals surface area contributed by atoms with E-state index >= 15 is 0 Å². The lowest BCUT2D eigenvalue weighted by Gasteiger charge is -2.10. The van der Waals surface area contributed by atoms with Crippen LogP contribution in [-0.2, 0) is 16.0 Å². The van der Waals surface area contributed by atoms with Gasteiger partial charge in [0.05, 0.1) is 14.2 Å². The molecular formula is C23H23NO5S. The summed E-state index contributed by atoms with van der Waals surface area (Å²) in [7, 11) is 2.88. The molecule has 0 aliphatic carbocycles. The molecule has 1 amide bonds. The van der Waals surface area contributed by atoms with Gasteiger partial charge in [0.25, 0.3) is 5.91 Å². The number of hydrogen-bond acceptors (Lipinski definition) is 6. The lowest BCUT2D eigenvalue weighted by molar-refractivity contribution is -0.118. The van der Waals surface area contributed by atoms with E-state index in [9.17, 15) is 9.59 Å². The largest absolute Gasteiger partial charge is 0.497 e. The zero-order chi connectivity index (χ0) is 21.5. The van der Waals surface area contributed by atoms with Gasteiger partial charge in [0.2, 0.25) is 0 Å². The van der Waals surface area contributed by atoms with Crippen molar-refractivity contribution in [3.05, 3.63) is 65.0 Å². The molecule has 0 aliphatic rings. The van der Waals surface area contributed by atoms with Crippen molar-refractivity contribution in [3.8, 4) is 22.6 Å². The predicted octanol–water partition coefficient (Wildman–Crippen LogP) is 4.79. The molecule has 0 saturated carbocycles. The first kappa shape index (κ1) is 21.4. The van der Waals surface area contributed by atoms with E-state index in [2.05, 4.69) is 12.2 Å². The molecule has 0 radical (unpaired) electrons. The second-order valence-corrected chi connectivity index (χ2v) is 7.29. The van der Waals surface area contributed by atoms with Gasteiger partial charge in [0, 0.05) is 17.0 Å². The molecule has 0 atom stereocenters. The Morgan fingerprint density at radius 3 is 2.43 bits per heavy atom. The molecule has 0 saturated heterocycles. The highest BCUT2D eigenvalue weighted by Crippen LogP contribution is 2.36. The van der Waals surface area contributed by atoms with Crippen LogP contribution in [0, 0.1) is 0 Å².